The molecular formula is C29H22F2N4O6S. The van der Waals surface area contributed by atoms with Gasteiger partial charge in [-0.2, -0.15) is 0 Å². The zero-order valence-electron chi connectivity index (χ0n) is 22.2. The van der Waals surface area contributed by atoms with Crippen molar-refractivity contribution < 1.29 is 26.9 Å². The normalized spacial score (nSPS) is 11.5. The van der Waals surface area contributed by atoms with E-state index in [1.54, 1.807) is 19.1 Å². The van der Waals surface area contributed by atoms with E-state index in [4.69, 9.17) is 10.5 Å². The minimum Gasteiger partial charge on any atom is -0.446 e. The third kappa shape index (κ3) is 4.59. The van der Waals surface area contributed by atoms with Gasteiger partial charge in [-0.25, -0.2) is 21.2 Å². The minimum atomic E-state index is -4.24. The Labute approximate surface area is 237 Å². The summed E-state index contributed by atoms with van der Waals surface area (Å²) in [5.41, 5.74) is 5.15. The number of nitro groups is 1. The summed E-state index contributed by atoms with van der Waals surface area (Å²) in [5, 5.41) is 12.3. The minimum absolute atomic E-state index is 0.0272. The highest BCUT2D eigenvalue weighted by molar-refractivity contribution is 7.90. The lowest BCUT2D eigenvalue weighted by Gasteiger charge is -2.17. The van der Waals surface area contributed by atoms with Gasteiger partial charge in [0.1, 0.15) is 17.0 Å². The molecule has 0 spiro atoms. The van der Waals surface area contributed by atoms with Crippen molar-refractivity contribution in [3.05, 3.63) is 117 Å². The molecule has 0 unspecified atom stereocenters. The molecule has 42 heavy (non-hydrogen) atoms. The number of pyridine rings is 1. The van der Waals surface area contributed by atoms with Crippen molar-refractivity contribution in [3.63, 3.8) is 0 Å². The van der Waals surface area contributed by atoms with Crippen LogP contribution in [0.4, 0.5) is 20.2 Å². The second-order valence-electron chi connectivity index (χ2n) is 9.39. The maximum absolute atomic E-state index is 14.6. The topological polar surface area (TPSA) is 139 Å². The largest absolute Gasteiger partial charge is 0.446 e. The van der Waals surface area contributed by atoms with Gasteiger partial charge in [0.25, 0.3) is 15.6 Å². The molecule has 0 aliphatic rings. The molecule has 0 aliphatic carbocycles. The van der Waals surface area contributed by atoms with Gasteiger partial charge in [0.15, 0.2) is 11.6 Å². The van der Waals surface area contributed by atoms with Crippen molar-refractivity contribution in [2.45, 2.75) is 11.8 Å². The standard InChI is InChI=1S/C29H22F2N4O6S/c1-4-17-13-21(28(27(25(17)32)35(37)38)41-24-10-7-18(30)14-23(24)31)22-15-33(3)29(36)26-20(22)11-12-34(26)42(39,40)19-8-5-16(2)6-9-19/h4-15H,1,32H2,2-3H3. The van der Waals surface area contributed by atoms with E-state index >= 15 is 0 Å². The second-order valence-corrected chi connectivity index (χ2v) is 11.2. The number of hydrogen-bond donors (Lipinski definition) is 1. The van der Waals surface area contributed by atoms with Gasteiger partial charge in [-0.1, -0.05) is 30.4 Å². The van der Waals surface area contributed by atoms with Gasteiger partial charge >= 0.3 is 5.69 Å². The molecule has 0 radical (unpaired) electrons. The van der Waals surface area contributed by atoms with Crippen LogP contribution in [0.15, 0.2) is 83.3 Å². The Morgan fingerprint density at radius 1 is 1.07 bits per heavy atom. The number of anilines is 1. The van der Waals surface area contributed by atoms with E-state index in [2.05, 4.69) is 6.58 Å². The Bertz CT molecular complexity index is 2100. The molecule has 0 atom stereocenters. The number of ether oxygens (including phenoxy) is 1. The summed E-state index contributed by atoms with van der Waals surface area (Å²) in [6, 6.07) is 11.2. The van der Waals surface area contributed by atoms with Crippen LogP contribution in [0, 0.1) is 28.7 Å². The van der Waals surface area contributed by atoms with E-state index < -0.39 is 49.3 Å². The Kier molecular flexibility index (Phi) is 6.90. The van der Waals surface area contributed by atoms with Gasteiger partial charge in [-0.15, -0.1) is 0 Å². The van der Waals surface area contributed by atoms with Gasteiger partial charge in [0.05, 0.1) is 9.82 Å². The first-order valence-electron chi connectivity index (χ1n) is 12.2. The van der Waals surface area contributed by atoms with Crippen molar-refractivity contribution in [2.24, 2.45) is 7.05 Å². The number of hydrogen-bond acceptors (Lipinski definition) is 7. The SMILES string of the molecule is C=Cc1cc(-c2cn(C)c(=O)c3c2ccn3S(=O)(=O)c2ccc(C)cc2)c(Oc2ccc(F)cc2F)c([N+](=O)[O-])c1N. The Balaban J connectivity index is 1.86. The summed E-state index contributed by atoms with van der Waals surface area (Å²) >= 11 is 0. The van der Waals surface area contributed by atoms with E-state index in [-0.39, 0.29) is 38.2 Å². The maximum Gasteiger partial charge on any atom is 0.335 e. The number of aryl methyl sites for hydroxylation is 2. The monoisotopic (exact) mass is 592 g/mol. The first-order chi connectivity index (χ1) is 19.8. The van der Waals surface area contributed by atoms with Crippen molar-refractivity contribution >= 4 is 38.4 Å². The van der Waals surface area contributed by atoms with Gasteiger partial charge in [-0.3, -0.25) is 14.9 Å². The molecule has 3 aromatic carbocycles. The molecule has 5 rings (SSSR count). The zero-order chi connectivity index (χ0) is 30.5. The molecule has 0 saturated heterocycles. The van der Waals surface area contributed by atoms with Crippen LogP contribution in [-0.4, -0.2) is 21.9 Å². The number of nitrogen functional groups attached to an aromatic ring is 1. The summed E-state index contributed by atoms with van der Waals surface area (Å²) in [6.07, 6.45) is 3.80. The molecule has 2 aromatic heterocycles. The lowest BCUT2D eigenvalue weighted by Crippen LogP contribution is -2.22. The Hall–Kier alpha value is -5.30. The molecule has 0 saturated carbocycles. The highest BCUT2D eigenvalue weighted by atomic mass is 32.2. The van der Waals surface area contributed by atoms with Crippen LogP contribution in [0.2, 0.25) is 0 Å². The summed E-state index contributed by atoms with van der Waals surface area (Å²) in [5.74, 6) is -3.08. The van der Waals surface area contributed by atoms with E-state index in [1.165, 1.54) is 49.8 Å². The molecule has 214 valence electrons. The number of aromatic nitrogens is 2. The van der Waals surface area contributed by atoms with Crippen LogP contribution in [0.5, 0.6) is 11.5 Å². The van der Waals surface area contributed by atoms with Crippen molar-refractivity contribution in [1.29, 1.82) is 0 Å². The molecule has 0 aliphatic heterocycles. The maximum atomic E-state index is 14.6. The lowest BCUT2D eigenvalue weighted by atomic mass is 9.97. The fourth-order valence-electron chi connectivity index (χ4n) is 4.58. The fourth-order valence-corrected chi connectivity index (χ4v) is 5.92. The van der Waals surface area contributed by atoms with Gasteiger partial charge in [0.2, 0.25) is 5.75 Å². The first kappa shape index (κ1) is 28.2. The number of benzene rings is 3. The quantitative estimate of drug-likeness (QED) is 0.144. The summed E-state index contributed by atoms with van der Waals surface area (Å²) in [4.78, 5) is 24.7. The molecule has 2 heterocycles. The average molecular weight is 593 g/mol. The van der Waals surface area contributed by atoms with Gasteiger partial charge in [-0.05, 0) is 43.3 Å². The highest BCUT2D eigenvalue weighted by Crippen LogP contribution is 2.48. The predicted octanol–water partition coefficient (Wildman–Crippen LogP) is 5.76. The molecule has 2 N–H and O–H groups in total. The van der Waals surface area contributed by atoms with Crippen LogP contribution < -0.4 is 16.0 Å². The Morgan fingerprint density at radius 3 is 2.38 bits per heavy atom. The Morgan fingerprint density at radius 2 is 1.76 bits per heavy atom. The molecular weight excluding hydrogens is 570 g/mol. The molecule has 0 bridgehead atoms. The number of halogens is 2. The van der Waals surface area contributed by atoms with Gasteiger partial charge in [0, 0.05) is 47.6 Å². The highest BCUT2D eigenvalue weighted by Gasteiger charge is 2.31. The van der Waals surface area contributed by atoms with Crippen molar-refractivity contribution in [1.82, 2.24) is 8.54 Å². The number of nitrogens with two attached hydrogens (primary N) is 1. The summed E-state index contributed by atoms with van der Waals surface area (Å²) in [7, 11) is -2.87. The van der Waals surface area contributed by atoms with Crippen LogP contribution in [0.1, 0.15) is 11.1 Å². The average Bonchev–Trinajstić information content (AvgIpc) is 3.39. The predicted molar refractivity (Wildman–Crippen MR) is 154 cm³/mol. The number of nitrogens with zero attached hydrogens (tertiary/aromatic N) is 3. The van der Waals surface area contributed by atoms with Gasteiger partial charge < -0.3 is 15.0 Å². The van der Waals surface area contributed by atoms with Crippen LogP contribution in [0.3, 0.4) is 0 Å². The molecule has 10 nitrogen and oxygen atoms in total. The van der Waals surface area contributed by atoms with E-state index in [0.29, 0.717) is 6.07 Å². The van der Waals surface area contributed by atoms with Crippen molar-refractivity contribution in [2.75, 3.05) is 5.73 Å². The summed E-state index contributed by atoms with van der Waals surface area (Å²) in [6.45, 7) is 5.45. The smallest absolute Gasteiger partial charge is 0.335 e. The van der Waals surface area contributed by atoms with Crippen LogP contribution in [-0.2, 0) is 17.1 Å². The molecule has 0 fully saturated rings. The molecule has 0 amide bonds. The first-order valence-corrected chi connectivity index (χ1v) is 13.7. The van der Waals surface area contributed by atoms with E-state index in [9.17, 15) is 32.1 Å². The fraction of sp³-hybridized carbons (Fsp3) is 0.0690. The lowest BCUT2D eigenvalue weighted by molar-refractivity contribution is -0.384. The van der Waals surface area contributed by atoms with E-state index in [0.717, 1.165) is 26.2 Å². The third-order valence-electron chi connectivity index (χ3n) is 6.69. The van der Waals surface area contributed by atoms with E-state index in [1.807, 2.05) is 0 Å². The number of nitro benzene ring substituents is 1. The molecule has 5 aromatic rings. The number of rotatable bonds is 7. The van der Waals surface area contributed by atoms with Crippen LogP contribution in [0.25, 0.3) is 28.1 Å². The third-order valence-corrected chi connectivity index (χ3v) is 8.38. The number of fused-ring (bicyclic) bond motifs is 1. The van der Waals surface area contributed by atoms with Crippen LogP contribution >= 0.6 is 0 Å². The molecule has 13 heteroatoms. The zero-order valence-corrected chi connectivity index (χ0v) is 23.0. The van der Waals surface area contributed by atoms with Crippen molar-refractivity contribution in [3.8, 4) is 22.6 Å². The second kappa shape index (κ2) is 10.3. The summed E-state index contributed by atoms with van der Waals surface area (Å²) < 4.78 is 63.0.